The summed E-state index contributed by atoms with van der Waals surface area (Å²) in [6.07, 6.45) is 2.93. The fourth-order valence-electron chi connectivity index (χ4n) is 2.70. The van der Waals surface area contributed by atoms with E-state index in [0.29, 0.717) is 24.6 Å². The molecule has 122 valence electrons. The molecule has 1 aliphatic rings. The van der Waals surface area contributed by atoms with Gasteiger partial charge >= 0.3 is 0 Å². The van der Waals surface area contributed by atoms with Crippen molar-refractivity contribution in [3.8, 4) is 0 Å². The van der Waals surface area contributed by atoms with E-state index >= 15 is 0 Å². The second-order valence-electron chi connectivity index (χ2n) is 5.85. The number of aromatic nitrogens is 1. The summed E-state index contributed by atoms with van der Waals surface area (Å²) < 4.78 is 12.9. The van der Waals surface area contributed by atoms with Gasteiger partial charge in [0.1, 0.15) is 11.5 Å². The Morgan fingerprint density at radius 3 is 2.96 bits per heavy atom. The third kappa shape index (κ3) is 4.59. The number of benzene rings is 1. The number of halogens is 1. The van der Waals surface area contributed by atoms with Gasteiger partial charge in [0.25, 0.3) is 5.91 Å². The van der Waals surface area contributed by atoms with E-state index in [2.05, 4.69) is 15.6 Å². The summed E-state index contributed by atoms with van der Waals surface area (Å²) in [4.78, 5) is 16.5. The van der Waals surface area contributed by atoms with Crippen LogP contribution < -0.4 is 10.6 Å². The van der Waals surface area contributed by atoms with E-state index in [1.807, 2.05) is 0 Å². The maximum atomic E-state index is 12.9. The second-order valence-corrected chi connectivity index (χ2v) is 6.79. The predicted molar refractivity (Wildman–Crippen MR) is 89.2 cm³/mol. The maximum absolute atomic E-state index is 12.9. The molecule has 1 amide bonds. The van der Waals surface area contributed by atoms with Crippen LogP contribution in [0.1, 0.15) is 33.9 Å². The van der Waals surface area contributed by atoms with Gasteiger partial charge in [0.15, 0.2) is 0 Å². The Kier molecular flexibility index (Phi) is 5.35. The first-order valence-corrected chi connectivity index (χ1v) is 8.76. The van der Waals surface area contributed by atoms with Crippen LogP contribution in [0.5, 0.6) is 0 Å². The lowest BCUT2D eigenvalue weighted by atomic mass is 10.00. The monoisotopic (exact) mass is 333 g/mol. The molecule has 4 nitrogen and oxygen atoms in total. The summed E-state index contributed by atoms with van der Waals surface area (Å²) >= 11 is 1.46. The number of nitrogens with zero attached hydrogens (tertiary/aromatic N) is 1. The molecule has 0 aliphatic carbocycles. The third-order valence-electron chi connectivity index (χ3n) is 4.00. The first kappa shape index (κ1) is 16.1. The van der Waals surface area contributed by atoms with E-state index in [1.165, 1.54) is 29.9 Å². The molecule has 0 spiro atoms. The van der Waals surface area contributed by atoms with Gasteiger partial charge in [-0.05, 0) is 49.5 Å². The number of amides is 1. The average molecular weight is 333 g/mol. The standard InChI is InChI=1S/C17H20FN3OS/c18-14-5-3-12(4-6-14)8-16-21-15(11-23-16)17(22)20-10-13-2-1-7-19-9-13/h3-6,11,13,19H,1-2,7-10H2,(H,20,22). The lowest BCUT2D eigenvalue weighted by Crippen LogP contribution is -2.38. The molecule has 1 aromatic heterocycles. The maximum Gasteiger partial charge on any atom is 0.270 e. The zero-order chi connectivity index (χ0) is 16.1. The Hall–Kier alpha value is -1.79. The minimum Gasteiger partial charge on any atom is -0.350 e. The van der Waals surface area contributed by atoms with Gasteiger partial charge < -0.3 is 10.6 Å². The summed E-state index contributed by atoms with van der Waals surface area (Å²) in [5.74, 6) is 0.146. The van der Waals surface area contributed by atoms with Crippen LogP contribution in [0.25, 0.3) is 0 Å². The largest absolute Gasteiger partial charge is 0.350 e. The number of carbonyl (C=O) groups is 1. The second kappa shape index (κ2) is 7.66. The molecule has 0 bridgehead atoms. The van der Waals surface area contributed by atoms with Gasteiger partial charge in [0, 0.05) is 18.3 Å². The number of piperidine rings is 1. The number of rotatable bonds is 5. The van der Waals surface area contributed by atoms with Crippen LogP contribution in [0.3, 0.4) is 0 Å². The summed E-state index contributed by atoms with van der Waals surface area (Å²) in [7, 11) is 0. The Morgan fingerprint density at radius 2 is 2.22 bits per heavy atom. The molecule has 0 saturated carbocycles. The zero-order valence-corrected chi connectivity index (χ0v) is 13.7. The highest BCUT2D eigenvalue weighted by atomic mass is 32.1. The van der Waals surface area contributed by atoms with E-state index in [-0.39, 0.29) is 11.7 Å². The van der Waals surface area contributed by atoms with Gasteiger partial charge in [-0.1, -0.05) is 12.1 Å². The first-order chi connectivity index (χ1) is 11.2. The lowest BCUT2D eigenvalue weighted by molar-refractivity contribution is 0.0940. The fourth-order valence-corrected chi connectivity index (χ4v) is 3.51. The molecule has 1 unspecified atom stereocenters. The molecule has 23 heavy (non-hydrogen) atoms. The molecule has 1 saturated heterocycles. The molecule has 3 rings (SSSR count). The molecule has 1 atom stereocenters. The van der Waals surface area contributed by atoms with E-state index in [1.54, 1.807) is 17.5 Å². The smallest absolute Gasteiger partial charge is 0.270 e. The Labute approximate surface area is 139 Å². The van der Waals surface area contributed by atoms with Crippen molar-refractivity contribution in [2.75, 3.05) is 19.6 Å². The molecule has 1 aliphatic heterocycles. The summed E-state index contributed by atoms with van der Waals surface area (Å²) in [5, 5.41) is 8.96. The topological polar surface area (TPSA) is 54.0 Å². The predicted octanol–water partition coefficient (Wildman–Crippen LogP) is 2.60. The number of carbonyl (C=O) groups excluding carboxylic acids is 1. The number of hydrogen-bond donors (Lipinski definition) is 2. The Bertz CT molecular complexity index is 650. The van der Waals surface area contributed by atoms with Crippen molar-refractivity contribution < 1.29 is 9.18 Å². The first-order valence-electron chi connectivity index (χ1n) is 7.88. The minimum atomic E-state index is -0.245. The normalized spacial score (nSPS) is 17.9. The van der Waals surface area contributed by atoms with Crippen molar-refractivity contribution in [2.45, 2.75) is 19.3 Å². The van der Waals surface area contributed by atoms with Crippen molar-refractivity contribution in [2.24, 2.45) is 5.92 Å². The molecule has 2 heterocycles. The highest BCUT2D eigenvalue weighted by molar-refractivity contribution is 7.09. The van der Waals surface area contributed by atoms with Crippen LogP contribution in [0.15, 0.2) is 29.6 Å². The van der Waals surface area contributed by atoms with Crippen LogP contribution >= 0.6 is 11.3 Å². The van der Waals surface area contributed by atoms with Crippen molar-refractivity contribution in [1.29, 1.82) is 0 Å². The number of hydrogen-bond acceptors (Lipinski definition) is 4. The van der Waals surface area contributed by atoms with E-state index in [9.17, 15) is 9.18 Å². The molecule has 0 radical (unpaired) electrons. The van der Waals surface area contributed by atoms with Gasteiger partial charge in [0.2, 0.25) is 0 Å². The van der Waals surface area contributed by atoms with Crippen LogP contribution in [-0.2, 0) is 6.42 Å². The van der Waals surface area contributed by atoms with Gasteiger partial charge in [-0.25, -0.2) is 9.37 Å². The van der Waals surface area contributed by atoms with Crippen LogP contribution in [0.4, 0.5) is 4.39 Å². The summed E-state index contributed by atoms with van der Waals surface area (Å²) in [6.45, 7) is 2.73. The quantitative estimate of drug-likeness (QED) is 0.884. The van der Waals surface area contributed by atoms with E-state index in [0.717, 1.165) is 30.1 Å². The molecule has 1 aromatic carbocycles. The van der Waals surface area contributed by atoms with Gasteiger partial charge in [-0.15, -0.1) is 11.3 Å². The average Bonchev–Trinajstić information content (AvgIpc) is 3.04. The zero-order valence-electron chi connectivity index (χ0n) is 12.8. The lowest BCUT2D eigenvalue weighted by Gasteiger charge is -2.22. The molecule has 2 N–H and O–H groups in total. The SMILES string of the molecule is O=C(NCC1CCCNC1)c1csc(Cc2ccc(F)cc2)n1. The Balaban J connectivity index is 1.53. The van der Waals surface area contributed by atoms with E-state index < -0.39 is 0 Å². The molecule has 1 fully saturated rings. The summed E-state index contributed by atoms with van der Waals surface area (Å²) in [6, 6.07) is 6.36. The number of nitrogens with one attached hydrogen (secondary N) is 2. The molecule has 2 aromatic rings. The molecular weight excluding hydrogens is 313 g/mol. The van der Waals surface area contributed by atoms with Gasteiger partial charge in [0.05, 0.1) is 5.01 Å². The van der Waals surface area contributed by atoms with Crippen LogP contribution in [-0.4, -0.2) is 30.5 Å². The summed E-state index contributed by atoms with van der Waals surface area (Å²) in [5.41, 5.74) is 1.46. The Morgan fingerprint density at radius 1 is 1.39 bits per heavy atom. The van der Waals surface area contributed by atoms with Crippen molar-refractivity contribution in [3.05, 3.63) is 51.7 Å². The van der Waals surface area contributed by atoms with Crippen molar-refractivity contribution >= 4 is 17.2 Å². The third-order valence-corrected chi connectivity index (χ3v) is 4.85. The highest BCUT2D eigenvalue weighted by Crippen LogP contribution is 2.16. The minimum absolute atomic E-state index is 0.114. The van der Waals surface area contributed by atoms with Crippen molar-refractivity contribution in [3.63, 3.8) is 0 Å². The molecule has 6 heteroatoms. The fraction of sp³-hybridized carbons (Fsp3) is 0.412. The molecular formula is C17H20FN3OS. The van der Waals surface area contributed by atoms with Gasteiger partial charge in [-0.3, -0.25) is 4.79 Å². The van der Waals surface area contributed by atoms with E-state index in [4.69, 9.17) is 0 Å². The number of thiazole rings is 1. The van der Waals surface area contributed by atoms with Gasteiger partial charge in [-0.2, -0.15) is 0 Å². The van der Waals surface area contributed by atoms with Crippen molar-refractivity contribution in [1.82, 2.24) is 15.6 Å². The van der Waals surface area contributed by atoms with Crippen LogP contribution in [0, 0.1) is 11.7 Å². The highest BCUT2D eigenvalue weighted by Gasteiger charge is 2.16. The van der Waals surface area contributed by atoms with Crippen LogP contribution in [0.2, 0.25) is 0 Å².